The Labute approximate surface area is 184 Å². The Morgan fingerprint density at radius 2 is 1.17 bits per heavy atom. The van der Waals surface area contributed by atoms with E-state index in [0.29, 0.717) is 32.8 Å². The third kappa shape index (κ3) is 18.9. The molecule has 0 aliphatic carbocycles. The number of unbranched alkanes of at least 4 members (excludes halogenated alkanes) is 7. The number of esters is 2. The summed E-state index contributed by atoms with van der Waals surface area (Å²) in [5.74, 6) is -0.263. The third-order valence-electron chi connectivity index (χ3n) is 5.05. The number of hydrogen-bond donors (Lipinski definition) is 0. The highest BCUT2D eigenvalue weighted by atomic mass is 16.6. The Hall–Kier alpha value is -1.14. The summed E-state index contributed by atoms with van der Waals surface area (Å²) in [6, 6.07) is 0. The van der Waals surface area contributed by atoms with Crippen molar-refractivity contribution >= 4 is 11.9 Å². The van der Waals surface area contributed by atoms with E-state index in [0.717, 1.165) is 38.5 Å². The van der Waals surface area contributed by atoms with Gasteiger partial charge in [0.1, 0.15) is 13.2 Å². The maximum atomic E-state index is 11.9. The number of carbonyl (C=O) groups excluding carboxylic acids is 2. The first-order valence-corrected chi connectivity index (χ1v) is 12.1. The van der Waals surface area contributed by atoms with Crippen molar-refractivity contribution in [3.05, 3.63) is 0 Å². The molecule has 0 rings (SSSR count). The molecule has 0 spiro atoms. The second kappa shape index (κ2) is 22.5. The highest BCUT2D eigenvalue weighted by Gasteiger charge is 2.16. The molecule has 0 aliphatic rings. The van der Waals surface area contributed by atoms with Crippen LogP contribution in [0.3, 0.4) is 0 Å². The predicted molar refractivity (Wildman–Crippen MR) is 119 cm³/mol. The van der Waals surface area contributed by atoms with Crippen LogP contribution in [0.25, 0.3) is 0 Å². The zero-order chi connectivity index (χ0) is 22.3. The molecule has 1 atom stereocenters. The highest BCUT2D eigenvalue weighted by molar-refractivity contribution is 5.72. The maximum Gasteiger partial charge on any atom is 0.308 e. The van der Waals surface area contributed by atoms with E-state index in [1.807, 2.05) is 6.92 Å². The lowest BCUT2D eigenvalue weighted by Gasteiger charge is -2.13. The van der Waals surface area contributed by atoms with E-state index in [4.69, 9.17) is 18.9 Å². The number of rotatable bonds is 22. The zero-order valence-corrected chi connectivity index (χ0v) is 19.8. The molecule has 6 nitrogen and oxygen atoms in total. The number of ether oxygens (including phenoxy) is 4. The molecule has 0 bridgehead atoms. The second-order valence-corrected chi connectivity index (χ2v) is 7.73. The summed E-state index contributed by atoms with van der Waals surface area (Å²) in [7, 11) is 0. The van der Waals surface area contributed by atoms with Crippen molar-refractivity contribution in [2.75, 3.05) is 39.6 Å². The van der Waals surface area contributed by atoms with Gasteiger partial charge in [-0.3, -0.25) is 9.59 Å². The summed E-state index contributed by atoms with van der Waals surface area (Å²) >= 11 is 0. The topological polar surface area (TPSA) is 71.1 Å². The molecule has 178 valence electrons. The Morgan fingerprint density at radius 1 is 0.633 bits per heavy atom. The van der Waals surface area contributed by atoms with Gasteiger partial charge in [-0.05, 0) is 19.3 Å². The van der Waals surface area contributed by atoms with Crippen molar-refractivity contribution in [3.8, 4) is 0 Å². The van der Waals surface area contributed by atoms with Crippen molar-refractivity contribution in [3.63, 3.8) is 0 Å². The lowest BCUT2D eigenvalue weighted by molar-refractivity contribution is -0.151. The van der Waals surface area contributed by atoms with Crippen molar-refractivity contribution in [2.24, 2.45) is 5.92 Å². The Kier molecular flexibility index (Phi) is 21.7. The third-order valence-corrected chi connectivity index (χ3v) is 5.05. The van der Waals surface area contributed by atoms with Gasteiger partial charge in [0, 0.05) is 6.42 Å². The minimum absolute atomic E-state index is 0.00166. The van der Waals surface area contributed by atoms with E-state index < -0.39 is 0 Å². The van der Waals surface area contributed by atoms with E-state index in [1.54, 1.807) is 0 Å². The number of hydrogen-bond acceptors (Lipinski definition) is 6. The molecular weight excluding hydrogens is 384 g/mol. The average Bonchev–Trinajstić information content (AvgIpc) is 2.74. The van der Waals surface area contributed by atoms with Crippen LogP contribution in [0, 0.1) is 5.92 Å². The fraction of sp³-hybridized carbons (Fsp3) is 0.917. The lowest BCUT2D eigenvalue weighted by Crippen LogP contribution is -2.20. The molecule has 0 saturated carbocycles. The van der Waals surface area contributed by atoms with Crippen LogP contribution >= 0.6 is 0 Å². The number of carbonyl (C=O) groups is 2. The SMILES string of the molecule is CCCCCCCCCC(=O)OCCOCCOCCOC(=O)C(CC)CCCC. The van der Waals surface area contributed by atoms with Gasteiger partial charge in [0.05, 0.1) is 32.3 Å². The highest BCUT2D eigenvalue weighted by Crippen LogP contribution is 2.14. The summed E-state index contributed by atoms with van der Waals surface area (Å²) < 4.78 is 21.2. The second-order valence-electron chi connectivity index (χ2n) is 7.73. The Morgan fingerprint density at radius 3 is 1.77 bits per heavy atom. The molecule has 0 amide bonds. The van der Waals surface area contributed by atoms with Crippen LogP contribution in [0.1, 0.15) is 97.8 Å². The summed E-state index contributed by atoms with van der Waals surface area (Å²) in [6.07, 6.45) is 12.7. The van der Waals surface area contributed by atoms with E-state index in [2.05, 4.69) is 13.8 Å². The largest absolute Gasteiger partial charge is 0.463 e. The summed E-state index contributed by atoms with van der Waals surface area (Å²) in [6.45, 7) is 8.50. The minimum atomic E-state index is -0.144. The first-order valence-electron chi connectivity index (χ1n) is 12.1. The minimum Gasteiger partial charge on any atom is -0.463 e. The van der Waals surface area contributed by atoms with E-state index in [-0.39, 0.29) is 31.1 Å². The van der Waals surface area contributed by atoms with Gasteiger partial charge < -0.3 is 18.9 Å². The van der Waals surface area contributed by atoms with Crippen LogP contribution in [0.15, 0.2) is 0 Å². The van der Waals surface area contributed by atoms with Crippen LogP contribution in [-0.2, 0) is 28.5 Å². The Balaban J connectivity index is 3.37. The molecule has 0 N–H and O–H groups in total. The summed E-state index contributed by atoms with van der Waals surface area (Å²) in [5.41, 5.74) is 0. The Bertz CT molecular complexity index is 399. The zero-order valence-electron chi connectivity index (χ0n) is 19.8. The van der Waals surface area contributed by atoms with E-state index >= 15 is 0 Å². The molecule has 0 heterocycles. The molecule has 0 aromatic heterocycles. The summed E-state index contributed by atoms with van der Waals surface area (Å²) in [4.78, 5) is 23.6. The molecule has 30 heavy (non-hydrogen) atoms. The molecule has 0 fully saturated rings. The van der Waals surface area contributed by atoms with Crippen LogP contribution in [-0.4, -0.2) is 51.6 Å². The van der Waals surface area contributed by atoms with Crippen LogP contribution in [0.5, 0.6) is 0 Å². The molecule has 0 aliphatic heterocycles. The van der Waals surface area contributed by atoms with Gasteiger partial charge in [0.2, 0.25) is 0 Å². The molecule has 0 aromatic rings. The van der Waals surface area contributed by atoms with Gasteiger partial charge >= 0.3 is 11.9 Å². The van der Waals surface area contributed by atoms with Crippen molar-refractivity contribution in [1.29, 1.82) is 0 Å². The molecule has 6 heteroatoms. The van der Waals surface area contributed by atoms with Gasteiger partial charge in [0.25, 0.3) is 0 Å². The normalized spacial score (nSPS) is 12.0. The molecule has 1 unspecified atom stereocenters. The quantitative estimate of drug-likeness (QED) is 0.168. The smallest absolute Gasteiger partial charge is 0.308 e. The van der Waals surface area contributed by atoms with Crippen LogP contribution < -0.4 is 0 Å². The van der Waals surface area contributed by atoms with Gasteiger partial charge in [-0.1, -0.05) is 72.1 Å². The van der Waals surface area contributed by atoms with Crippen molar-refractivity contribution in [2.45, 2.75) is 97.8 Å². The molecule has 0 saturated heterocycles. The summed E-state index contributed by atoms with van der Waals surface area (Å²) in [5, 5.41) is 0. The fourth-order valence-electron chi connectivity index (χ4n) is 3.09. The standard InChI is InChI=1S/C24H46O6/c1-4-7-9-10-11-12-13-15-23(25)29-20-18-27-16-17-28-19-21-30-24(26)22(6-3)14-8-5-2/h22H,4-21H2,1-3H3. The molecular formula is C24H46O6. The van der Waals surface area contributed by atoms with Gasteiger partial charge in [0.15, 0.2) is 0 Å². The fourth-order valence-corrected chi connectivity index (χ4v) is 3.09. The van der Waals surface area contributed by atoms with Crippen molar-refractivity contribution < 1.29 is 28.5 Å². The van der Waals surface area contributed by atoms with E-state index in [1.165, 1.54) is 32.1 Å². The van der Waals surface area contributed by atoms with E-state index in [9.17, 15) is 9.59 Å². The van der Waals surface area contributed by atoms with Gasteiger partial charge in [-0.2, -0.15) is 0 Å². The van der Waals surface area contributed by atoms with Crippen molar-refractivity contribution in [1.82, 2.24) is 0 Å². The lowest BCUT2D eigenvalue weighted by atomic mass is 10.00. The van der Waals surface area contributed by atoms with Gasteiger partial charge in [-0.15, -0.1) is 0 Å². The van der Waals surface area contributed by atoms with Crippen LogP contribution in [0.2, 0.25) is 0 Å². The molecule has 0 aromatic carbocycles. The molecule has 0 radical (unpaired) electrons. The first-order chi connectivity index (χ1) is 14.7. The predicted octanol–water partition coefficient (Wildman–Crippen LogP) is 5.46. The monoisotopic (exact) mass is 430 g/mol. The first kappa shape index (κ1) is 28.9. The van der Waals surface area contributed by atoms with Crippen LogP contribution in [0.4, 0.5) is 0 Å². The van der Waals surface area contributed by atoms with Gasteiger partial charge in [-0.25, -0.2) is 0 Å². The average molecular weight is 431 g/mol. The maximum absolute atomic E-state index is 11.9.